The Labute approximate surface area is 212 Å². The van der Waals surface area contributed by atoms with Gasteiger partial charge in [-0.15, -0.1) is 0 Å². The molecule has 3 rings (SSSR count). The van der Waals surface area contributed by atoms with Crippen molar-refractivity contribution in [1.82, 2.24) is 10.6 Å². The Morgan fingerprint density at radius 1 is 0.868 bits per heavy atom. The molecule has 2 N–H and O–H groups in total. The highest BCUT2D eigenvalue weighted by Gasteiger charge is 2.61. The van der Waals surface area contributed by atoms with Crippen LogP contribution in [0.15, 0.2) is 72.8 Å². The zero-order valence-corrected chi connectivity index (χ0v) is 19.5. The number of urea groups is 1. The lowest BCUT2D eigenvalue weighted by Gasteiger charge is -2.37. The van der Waals surface area contributed by atoms with Crippen LogP contribution in [0.2, 0.25) is 0 Å². The Morgan fingerprint density at radius 3 is 2.13 bits per heavy atom. The minimum atomic E-state index is -6.09. The normalized spacial score (nSPS) is 13.2. The first-order valence-electron chi connectivity index (χ1n) is 11.0. The van der Waals surface area contributed by atoms with Crippen molar-refractivity contribution in [1.29, 1.82) is 5.26 Å². The predicted molar refractivity (Wildman–Crippen MR) is 122 cm³/mol. The molecule has 0 saturated carbocycles. The van der Waals surface area contributed by atoms with Gasteiger partial charge in [0.15, 0.2) is 0 Å². The summed E-state index contributed by atoms with van der Waals surface area (Å²) in [5.41, 5.74) is -1.39. The molecule has 0 unspecified atom stereocenters. The number of carbonyl (C=O) groups excluding carboxylic acids is 1. The van der Waals surface area contributed by atoms with Gasteiger partial charge in [-0.1, -0.05) is 42.5 Å². The van der Waals surface area contributed by atoms with E-state index in [2.05, 4.69) is 15.4 Å². The molecule has 0 aliphatic heterocycles. The van der Waals surface area contributed by atoms with Crippen LogP contribution < -0.4 is 15.4 Å². The van der Waals surface area contributed by atoms with Gasteiger partial charge in [0.1, 0.15) is 17.4 Å². The zero-order chi connectivity index (χ0) is 28.0. The van der Waals surface area contributed by atoms with Crippen LogP contribution in [0.5, 0.6) is 5.75 Å². The molecule has 0 saturated heterocycles. The summed E-state index contributed by atoms with van der Waals surface area (Å²) in [5, 5.41) is 13.8. The summed E-state index contributed by atoms with van der Waals surface area (Å²) in [5.74, 6) is -3.05. The Hall–Kier alpha value is -4.27. The van der Waals surface area contributed by atoms with E-state index in [0.717, 1.165) is 24.3 Å². The molecule has 1 atom stereocenters. The molecule has 38 heavy (non-hydrogen) atoms. The highest BCUT2D eigenvalue weighted by atomic mass is 19.4. The van der Waals surface area contributed by atoms with Gasteiger partial charge in [-0.3, -0.25) is 0 Å². The fourth-order valence-electron chi connectivity index (χ4n) is 3.74. The van der Waals surface area contributed by atoms with E-state index in [1.807, 2.05) is 6.07 Å². The standard InChI is InChI=1S/C26H20F7N3O2/c27-20-9-7-18(8-10-20)24(16-17-5-2-1-3-6-17,36-23(37)35-12-4-11-34)19-13-21(28)15-22(14-19)38-26(32,33)25(29,30)31/h1-3,5-10,13-15H,4,12,16H2,(H2,35,36,37)/t24-/m1/s1. The van der Waals surface area contributed by atoms with Crippen molar-refractivity contribution < 1.29 is 40.3 Å². The highest BCUT2D eigenvalue weighted by molar-refractivity contribution is 5.76. The second-order valence-corrected chi connectivity index (χ2v) is 8.16. The summed E-state index contributed by atoms with van der Waals surface area (Å²) < 4.78 is 98.0. The third kappa shape index (κ3) is 6.73. The van der Waals surface area contributed by atoms with Gasteiger partial charge in [0.05, 0.1) is 18.0 Å². The summed E-state index contributed by atoms with van der Waals surface area (Å²) in [6.07, 6.45) is -11.9. The molecule has 0 bridgehead atoms. The summed E-state index contributed by atoms with van der Waals surface area (Å²) in [4.78, 5) is 12.9. The van der Waals surface area contributed by atoms with Crippen LogP contribution in [-0.4, -0.2) is 24.9 Å². The lowest BCUT2D eigenvalue weighted by Crippen LogP contribution is -2.52. The van der Waals surface area contributed by atoms with Crippen molar-refractivity contribution >= 4 is 6.03 Å². The number of alkyl halides is 5. The SMILES string of the molecule is N#CCCNC(=O)N[C@](Cc1ccccc1)(c1ccc(F)cc1)c1cc(F)cc(OC(F)(F)C(F)(F)F)c1. The molecule has 0 radical (unpaired) electrons. The largest absolute Gasteiger partial charge is 0.499 e. The number of ether oxygens (including phenoxy) is 1. The second kappa shape index (κ2) is 11.4. The number of nitrogens with zero attached hydrogens (tertiary/aromatic N) is 1. The van der Waals surface area contributed by atoms with E-state index in [0.29, 0.717) is 11.6 Å². The number of hydrogen-bond acceptors (Lipinski definition) is 3. The van der Waals surface area contributed by atoms with Crippen molar-refractivity contribution in [3.63, 3.8) is 0 Å². The second-order valence-electron chi connectivity index (χ2n) is 8.16. The minimum Gasteiger partial charge on any atom is -0.426 e. The summed E-state index contributed by atoms with van der Waals surface area (Å²) >= 11 is 0. The van der Waals surface area contributed by atoms with Crippen molar-refractivity contribution in [2.24, 2.45) is 0 Å². The van der Waals surface area contributed by atoms with Gasteiger partial charge < -0.3 is 15.4 Å². The number of carbonyl (C=O) groups is 1. The topological polar surface area (TPSA) is 74.2 Å². The van der Waals surface area contributed by atoms with E-state index >= 15 is 0 Å². The average molecular weight is 539 g/mol. The van der Waals surface area contributed by atoms with Crippen LogP contribution in [0.4, 0.5) is 35.5 Å². The van der Waals surface area contributed by atoms with Crippen LogP contribution in [0, 0.1) is 23.0 Å². The number of hydrogen-bond donors (Lipinski definition) is 2. The number of halogens is 7. The molecule has 0 aliphatic rings. The molecule has 0 spiro atoms. The molecule has 0 fully saturated rings. The van der Waals surface area contributed by atoms with Crippen LogP contribution in [0.25, 0.3) is 0 Å². The molecule has 0 heterocycles. The molecule has 3 aromatic carbocycles. The molecule has 3 aromatic rings. The van der Waals surface area contributed by atoms with Gasteiger partial charge >= 0.3 is 18.3 Å². The number of rotatable bonds is 9. The fourth-order valence-corrected chi connectivity index (χ4v) is 3.74. The number of nitrogens with one attached hydrogen (secondary N) is 2. The molecule has 12 heteroatoms. The molecule has 5 nitrogen and oxygen atoms in total. The van der Waals surface area contributed by atoms with Crippen molar-refractivity contribution in [3.8, 4) is 11.8 Å². The first-order chi connectivity index (χ1) is 17.9. The van der Waals surface area contributed by atoms with E-state index in [-0.39, 0.29) is 30.5 Å². The smallest absolute Gasteiger partial charge is 0.426 e. The summed E-state index contributed by atoms with van der Waals surface area (Å²) in [6, 6.07) is 15.8. The molecular formula is C26H20F7N3O2. The number of benzene rings is 3. The summed E-state index contributed by atoms with van der Waals surface area (Å²) in [6.45, 7) is -0.0809. The molecule has 200 valence electrons. The Morgan fingerprint density at radius 2 is 1.53 bits per heavy atom. The van der Waals surface area contributed by atoms with Crippen molar-refractivity contribution in [2.45, 2.75) is 30.7 Å². The van der Waals surface area contributed by atoms with Crippen LogP contribution in [-0.2, 0) is 12.0 Å². The van der Waals surface area contributed by atoms with Crippen molar-refractivity contribution in [3.05, 3.63) is 101 Å². The molecule has 2 amide bonds. The van der Waals surface area contributed by atoms with Gasteiger partial charge in [0.25, 0.3) is 0 Å². The number of nitriles is 1. The summed E-state index contributed by atoms with van der Waals surface area (Å²) in [7, 11) is 0. The molecule has 0 aromatic heterocycles. The lowest BCUT2D eigenvalue weighted by atomic mass is 9.77. The molecular weight excluding hydrogens is 519 g/mol. The van der Waals surface area contributed by atoms with E-state index in [4.69, 9.17) is 5.26 Å². The maximum absolute atomic E-state index is 14.7. The van der Waals surface area contributed by atoms with E-state index in [1.165, 1.54) is 12.1 Å². The Balaban J connectivity index is 2.22. The third-order valence-electron chi connectivity index (χ3n) is 5.44. The molecule has 0 aliphatic carbocycles. The van der Waals surface area contributed by atoms with E-state index in [1.54, 1.807) is 30.3 Å². The predicted octanol–water partition coefficient (Wildman–Crippen LogP) is 6.20. The van der Waals surface area contributed by atoms with E-state index < -0.39 is 41.2 Å². The minimum absolute atomic E-state index is 0.0554. The van der Waals surface area contributed by atoms with Gasteiger partial charge in [-0.05, 0) is 41.0 Å². The first-order valence-corrected chi connectivity index (χ1v) is 11.0. The van der Waals surface area contributed by atoms with Crippen LogP contribution in [0.3, 0.4) is 0 Å². The third-order valence-corrected chi connectivity index (χ3v) is 5.44. The van der Waals surface area contributed by atoms with Crippen LogP contribution in [0.1, 0.15) is 23.1 Å². The van der Waals surface area contributed by atoms with E-state index in [9.17, 15) is 35.5 Å². The zero-order valence-electron chi connectivity index (χ0n) is 19.5. The van der Waals surface area contributed by atoms with Gasteiger partial charge in [0.2, 0.25) is 0 Å². The average Bonchev–Trinajstić information content (AvgIpc) is 2.83. The van der Waals surface area contributed by atoms with Gasteiger partial charge in [-0.2, -0.15) is 27.2 Å². The van der Waals surface area contributed by atoms with Crippen LogP contribution >= 0.6 is 0 Å². The number of amides is 2. The highest BCUT2D eigenvalue weighted by Crippen LogP contribution is 2.40. The maximum Gasteiger partial charge on any atom is 0.499 e. The Kier molecular flexibility index (Phi) is 8.50. The maximum atomic E-state index is 14.7. The first kappa shape index (κ1) is 28.3. The van der Waals surface area contributed by atoms with Gasteiger partial charge in [0, 0.05) is 19.0 Å². The van der Waals surface area contributed by atoms with Gasteiger partial charge in [-0.25, -0.2) is 13.6 Å². The Bertz CT molecular complexity index is 1290. The van der Waals surface area contributed by atoms with Crippen molar-refractivity contribution in [2.75, 3.05) is 6.54 Å². The quantitative estimate of drug-likeness (QED) is 0.251. The monoisotopic (exact) mass is 539 g/mol. The lowest BCUT2D eigenvalue weighted by molar-refractivity contribution is -0.360. The fraction of sp³-hybridized carbons (Fsp3) is 0.231.